The van der Waals surface area contributed by atoms with Crippen LogP contribution in [0.2, 0.25) is 0 Å². The average Bonchev–Trinajstić information content (AvgIpc) is 3.49. The Bertz CT molecular complexity index is 1030. The number of hydrogen-bond acceptors (Lipinski definition) is 6. The van der Waals surface area contributed by atoms with Crippen LogP contribution in [0.25, 0.3) is 0 Å². The lowest BCUT2D eigenvalue weighted by atomic mass is 9.95. The molecule has 1 saturated carbocycles. The van der Waals surface area contributed by atoms with E-state index in [1.807, 2.05) is 0 Å². The Morgan fingerprint density at radius 3 is 2.69 bits per heavy atom. The van der Waals surface area contributed by atoms with Gasteiger partial charge in [-0.1, -0.05) is 0 Å². The molecule has 0 spiro atoms. The summed E-state index contributed by atoms with van der Waals surface area (Å²) in [5.41, 5.74) is 4.18. The van der Waals surface area contributed by atoms with Gasteiger partial charge in [-0.25, -0.2) is 9.59 Å². The number of urea groups is 1. The lowest BCUT2D eigenvalue weighted by Gasteiger charge is -2.16. The zero-order chi connectivity index (χ0) is 22.1. The molecule has 6 nitrogen and oxygen atoms in total. The van der Waals surface area contributed by atoms with Crippen LogP contribution in [0.1, 0.15) is 75.3 Å². The summed E-state index contributed by atoms with van der Waals surface area (Å²) in [7, 11) is 0. The summed E-state index contributed by atoms with van der Waals surface area (Å²) in [5, 5.41) is 10.0. The van der Waals surface area contributed by atoms with Gasteiger partial charge in [-0.15, -0.1) is 22.7 Å². The predicted octanol–water partition coefficient (Wildman–Crippen LogP) is 5.52. The Balaban J connectivity index is 1.30. The van der Waals surface area contributed by atoms with E-state index in [9.17, 15) is 9.59 Å². The van der Waals surface area contributed by atoms with Crippen molar-refractivity contribution in [3.63, 3.8) is 0 Å². The minimum absolute atomic E-state index is 0.0138. The summed E-state index contributed by atoms with van der Waals surface area (Å²) in [5.74, 6) is -0.270. The fourth-order valence-corrected chi connectivity index (χ4v) is 8.24. The van der Waals surface area contributed by atoms with Gasteiger partial charge in [-0.05, 0) is 97.0 Å². The van der Waals surface area contributed by atoms with E-state index in [0.717, 1.165) is 85.8 Å². The Labute approximate surface area is 204 Å². The molecule has 0 aromatic carbocycles. The molecule has 2 aliphatic carbocycles. The van der Waals surface area contributed by atoms with Crippen LogP contribution in [0.4, 0.5) is 9.80 Å². The largest absolute Gasteiger partial charge is 0.459 e. The molecule has 5 rings (SSSR count). The van der Waals surface area contributed by atoms with Gasteiger partial charge in [0, 0.05) is 22.8 Å². The van der Waals surface area contributed by atoms with Crippen molar-refractivity contribution in [2.75, 3.05) is 11.9 Å². The third-order valence-corrected chi connectivity index (χ3v) is 9.83. The topological polar surface area (TPSA) is 79.5 Å². The smallest absolute Gasteiger partial charge is 0.341 e. The quantitative estimate of drug-likeness (QED) is 0.439. The van der Waals surface area contributed by atoms with Crippen molar-refractivity contribution in [1.29, 1.82) is 0 Å². The number of fused-ring (bicyclic) bond motifs is 2. The molecule has 172 valence electrons. The van der Waals surface area contributed by atoms with E-state index in [1.54, 1.807) is 11.3 Å². The molecule has 3 aliphatic rings. The van der Waals surface area contributed by atoms with E-state index < -0.39 is 0 Å². The van der Waals surface area contributed by atoms with Crippen molar-refractivity contribution in [2.45, 2.75) is 77.0 Å². The fourth-order valence-electron chi connectivity index (χ4n) is 4.95. The predicted molar refractivity (Wildman–Crippen MR) is 132 cm³/mol. The number of hydrogen-bond donors (Lipinski definition) is 3. The van der Waals surface area contributed by atoms with Gasteiger partial charge in [0.15, 0.2) is 0 Å². The van der Waals surface area contributed by atoms with Crippen molar-refractivity contribution in [3.8, 4) is 0 Å². The second kappa shape index (κ2) is 9.83. The Kier molecular flexibility index (Phi) is 6.87. The van der Waals surface area contributed by atoms with E-state index in [-0.39, 0.29) is 18.1 Å². The molecule has 0 unspecified atom stereocenters. The van der Waals surface area contributed by atoms with E-state index in [2.05, 4.69) is 31.9 Å². The van der Waals surface area contributed by atoms with Crippen LogP contribution in [0.5, 0.6) is 0 Å². The van der Waals surface area contributed by atoms with E-state index in [4.69, 9.17) is 4.74 Å². The molecule has 1 fully saturated rings. The molecule has 3 N–H and O–H groups in total. The minimum Gasteiger partial charge on any atom is -0.459 e. The molecule has 2 amide bonds. The van der Waals surface area contributed by atoms with Gasteiger partial charge in [0.05, 0.1) is 9.35 Å². The molecule has 0 bridgehead atoms. The summed E-state index contributed by atoms with van der Waals surface area (Å²) < 4.78 is 6.91. The van der Waals surface area contributed by atoms with Crippen molar-refractivity contribution < 1.29 is 14.3 Å². The average molecular weight is 539 g/mol. The first-order chi connectivity index (χ1) is 15.6. The number of carbonyl (C=O) groups is 2. The second-order valence-electron chi connectivity index (χ2n) is 8.72. The molecule has 2 aromatic heterocycles. The molecule has 3 heterocycles. The van der Waals surface area contributed by atoms with Gasteiger partial charge in [-0.2, -0.15) is 0 Å². The van der Waals surface area contributed by atoms with Crippen LogP contribution in [0.3, 0.4) is 0 Å². The highest BCUT2D eigenvalue weighted by atomic mass is 79.9. The number of amides is 2. The first-order valence-electron chi connectivity index (χ1n) is 11.5. The maximum atomic E-state index is 13.1. The first kappa shape index (κ1) is 22.4. The lowest BCUT2D eigenvalue weighted by Crippen LogP contribution is -2.30. The lowest BCUT2D eigenvalue weighted by molar-refractivity contribution is 0.0318. The van der Waals surface area contributed by atoms with Crippen LogP contribution < -0.4 is 16.0 Å². The maximum Gasteiger partial charge on any atom is 0.341 e. The molecule has 0 radical (unpaired) electrons. The molecule has 0 saturated heterocycles. The van der Waals surface area contributed by atoms with Gasteiger partial charge in [0.25, 0.3) is 0 Å². The summed E-state index contributed by atoms with van der Waals surface area (Å²) in [6, 6.07) is -0.278. The van der Waals surface area contributed by atoms with Crippen molar-refractivity contribution in [1.82, 2.24) is 10.6 Å². The van der Waals surface area contributed by atoms with Crippen molar-refractivity contribution in [3.05, 3.63) is 35.8 Å². The number of nitrogens with one attached hydrogen (secondary N) is 3. The highest BCUT2D eigenvalue weighted by Crippen LogP contribution is 2.39. The summed E-state index contributed by atoms with van der Waals surface area (Å²) in [6.07, 6.45) is 9.16. The van der Waals surface area contributed by atoms with Gasteiger partial charge < -0.3 is 15.4 Å². The zero-order valence-electron chi connectivity index (χ0n) is 18.0. The van der Waals surface area contributed by atoms with Gasteiger partial charge in [0.2, 0.25) is 0 Å². The highest BCUT2D eigenvalue weighted by molar-refractivity contribution is 9.11. The third-order valence-electron chi connectivity index (χ3n) is 6.59. The normalized spacial score (nSPS) is 18.2. The number of thiophene rings is 2. The molecule has 0 atom stereocenters. The number of aryl methyl sites for hydroxylation is 1. The summed E-state index contributed by atoms with van der Waals surface area (Å²) in [6.45, 7) is 2.31. The summed E-state index contributed by atoms with van der Waals surface area (Å²) >= 11 is 6.94. The van der Waals surface area contributed by atoms with E-state index in [0.29, 0.717) is 17.1 Å². The molecular weight excluding hydrogens is 510 g/mol. The Morgan fingerprint density at radius 1 is 1.03 bits per heavy atom. The van der Waals surface area contributed by atoms with Gasteiger partial charge in [0.1, 0.15) is 11.1 Å². The van der Waals surface area contributed by atoms with Gasteiger partial charge >= 0.3 is 12.0 Å². The number of ether oxygens (including phenoxy) is 1. The number of carbonyl (C=O) groups excluding carboxylic acids is 2. The monoisotopic (exact) mass is 537 g/mol. The number of halogens is 1. The molecule has 32 heavy (non-hydrogen) atoms. The summed E-state index contributed by atoms with van der Waals surface area (Å²) in [4.78, 5) is 28.5. The highest BCUT2D eigenvalue weighted by Gasteiger charge is 2.30. The fraction of sp³-hybridized carbons (Fsp3) is 0.565. The Morgan fingerprint density at radius 2 is 1.84 bits per heavy atom. The number of rotatable bonds is 5. The number of esters is 1. The van der Waals surface area contributed by atoms with Crippen molar-refractivity contribution in [2.24, 2.45) is 0 Å². The minimum atomic E-state index is -0.278. The zero-order valence-corrected chi connectivity index (χ0v) is 21.2. The Hall–Kier alpha value is -1.42. The van der Waals surface area contributed by atoms with Crippen LogP contribution >= 0.6 is 38.6 Å². The van der Waals surface area contributed by atoms with E-state index >= 15 is 0 Å². The first-order valence-corrected chi connectivity index (χ1v) is 13.9. The maximum absolute atomic E-state index is 13.1. The molecule has 1 aliphatic heterocycles. The standard InChI is InChI=1S/C23H28BrN3O3S2/c24-20-16(14-9-10-25-12-18(14)31-20)11-26-23(29)27-21-19(15-7-3-4-8-17(15)32-21)22(28)30-13-5-1-2-6-13/h13,25H,1-12H2,(H2,26,27,29). The van der Waals surface area contributed by atoms with Crippen LogP contribution in [0.15, 0.2) is 3.79 Å². The van der Waals surface area contributed by atoms with Crippen LogP contribution in [0, 0.1) is 0 Å². The van der Waals surface area contributed by atoms with Crippen LogP contribution in [-0.2, 0) is 37.1 Å². The van der Waals surface area contributed by atoms with E-state index in [1.165, 1.54) is 26.7 Å². The SMILES string of the molecule is O=C(NCc1c(Br)sc2c1CCNC2)Nc1sc2c(c1C(=O)OC1CCCC1)CCCC2. The van der Waals surface area contributed by atoms with Crippen molar-refractivity contribution >= 4 is 55.6 Å². The molecular formula is C23H28BrN3O3S2. The molecule has 9 heteroatoms. The second-order valence-corrected chi connectivity index (χ2v) is 12.2. The third kappa shape index (κ3) is 4.62. The molecule has 2 aromatic rings. The number of anilines is 1. The van der Waals surface area contributed by atoms with Crippen LogP contribution in [-0.4, -0.2) is 24.6 Å². The van der Waals surface area contributed by atoms with Gasteiger partial charge in [-0.3, -0.25) is 5.32 Å².